The SMILES string of the molecule is CC(=O)COc1ccc2cc(O)ccc2c1Cc1ccc(OCCN2CCCCC2)cc1. The summed E-state index contributed by atoms with van der Waals surface area (Å²) < 4.78 is 11.8. The van der Waals surface area contributed by atoms with Gasteiger partial charge in [-0.3, -0.25) is 9.69 Å². The van der Waals surface area contributed by atoms with Gasteiger partial charge in [0.1, 0.15) is 30.5 Å². The fourth-order valence-corrected chi connectivity index (χ4v) is 4.24. The summed E-state index contributed by atoms with van der Waals surface area (Å²) in [5, 5.41) is 11.8. The van der Waals surface area contributed by atoms with E-state index < -0.39 is 0 Å². The number of benzene rings is 3. The van der Waals surface area contributed by atoms with Crippen LogP contribution in [0, 0.1) is 0 Å². The van der Waals surface area contributed by atoms with Crippen LogP contribution in [0.3, 0.4) is 0 Å². The highest BCUT2D eigenvalue weighted by atomic mass is 16.5. The Labute approximate surface area is 189 Å². The number of ketones is 1. The maximum absolute atomic E-state index is 11.4. The van der Waals surface area contributed by atoms with Crippen LogP contribution >= 0.6 is 0 Å². The molecular weight excluding hydrogens is 402 g/mol. The molecule has 0 atom stereocenters. The van der Waals surface area contributed by atoms with Gasteiger partial charge in [0.05, 0.1) is 0 Å². The Morgan fingerprint density at radius 1 is 0.969 bits per heavy atom. The standard InChI is InChI=1S/C27H31NO4/c1-20(29)19-32-27-12-7-22-18-23(30)8-11-25(22)26(27)17-21-5-9-24(10-6-21)31-16-15-28-13-3-2-4-14-28/h5-12,18,30H,2-4,13-17,19H2,1H3. The second-order valence-electron chi connectivity index (χ2n) is 8.51. The van der Waals surface area contributed by atoms with Gasteiger partial charge in [0.25, 0.3) is 0 Å². The molecule has 3 aromatic carbocycles. The highest BCUT2D eigenvalue weighted by molar-refractivity contribution is 5.89. The molecule has 5 heteroatoms. The van der Waals surface area contributed by atoms with Gasteiger partial charge in [0.2, 0.25) is 0 Å². The molecule has 0 spiro atoms. The number of likely N-dealkylation sites (tertiary alicyclic amines) is 1. The number of carbonyl (C=O) groups is 1. The number of carbonyl (C=O) groups excluding carboxylic acids is 1. The zero-order chi connectivity index (χ0) is 22.3. The molecule has 1 heterocycles. The molecule has 0 aromatic heterocycles. The van der Waals surface area contributed by atoms with Crippen molar-refractivity contribution in [3.05, 3.63) is 65.7 Å². The van der Waals surface area contributed by atoms with Crippen LogP contribution in [0.25, 0.3) is 10.8 Å². The number of rotatable bonds is 9. The molecule has 32 heavy (non-hydrogen) atoms. The number of hydrogen-bond acceptors (Lipinski definition) is 5. The Balaban J connectivity index is 1.46. The third kappa shape index (κ3) is 5.80. The van der Waals surface area contributed by atoms with Crippen molar-refractivity contribution in [2.24, 2.45) is 0 Å². The Bertz CT molecular complexity index is 1060. The summed E-state index contributed by atoms with van der Waals surface area (Å²) in [4.78, 5) is 13.9. The molecule has 0 amide bonds. The van der Waals surface area contributed by atoms with Gasteiger partial charge in [0.15, 0.2) is 5.78 Å². The number of aromatic hydroxyl groups is 1. The van der Waals surface area contributed by atoms with E-state index in [0.29, 0.717) is 18.8 Å². The third-order valence-corrected chi connectivity index (χ3v) is 5.93. The van der Waals surface area contributed by atoms with E-state index in [1.165, 1.54) is 39.3 Å². The molecule has 0 aliphatic carbocycles. The Morgan fingerprint density at radius 2 is 1.75 bits per heavy atom. The molecule has 0 radical (unpaired) electrons. The van der Waals surface area contributed by atoms with Crippen molar-refractivity contribution in [2.45, 2.75) is 32.6 Å². The minimum atomic E-state index is -0.0205. The van der Waals surface area contributed by atoms with Gasteiger partial charge in [-0.05, 0) is 79.5 Å². The normalized spacial score (nSPS) is 14.4. The number of hydrogen-bond donors (Lipinski definition) is 1. The van der Waals surface area contributed by atoms with E-state index in [4.69, 9.17) is 9.47 Å². The number of nitrogens with zero attached hydrogens (tertiary/aromatic N) is 1. The molecule has 0 bridgehead atoms. The summed E-state index contributed by atoms with van der Waals surface area (Å²) >= 11 is 0. The highest BCUT2D eigenvalue weighted by Crippen LogP contribution is 2.32. The molecule has 168 valence electrons. The highest BCUT2D eigenvalue weighted by Gasteiger charge is 2.12. The summed E-state index contributed by atoms with van der Waals surface area (Å²) in [5.74, 6) is 1.78. The monoisotopic (exact) mass is 433 g/mol. The number of piperidine rings is 1. The van der Waals surface area contributed by atoms with Crippen LogP contribution in [0.2, 0.25) is 0 Å². The van der Waals surface area contributed by atoms with E-state index in [1.54, 1.807) is 12.1 Å². The van der Waals surface area contributed by atoms with E-state index in [0.717, 1.165) is 34.2 Å². The lowest BCUT2D eigenvalue weighted by Crippen LogP contribution is -2.33. The first-order valence-electron chi connectivity index (χ1n) is 11.4. The average Bonchev–Trinajstić information content (AvgIpc) is 2.80. The van der Waals surface area contributed by atoms with E-state index in [9.17, 15) is 9.90 Å². The van der Waals surface area contributed by atoms with Gasteiger partial charge in [-0.15, -0.1) is 0 Å². The second kappa shape index (κ2) is 10.5. The predicted octanol–water partition coefficient (Wildman–Crippen LogP) is 4.97. The topological polar surface area (TPSA) is 59.0 Å². The molecule has 1 aliphatic heterocycles. The van der Waals surface area contributed by atoms with Crippen LogP contribution in [0.5, 0.6) is 17.2 Å². The fourth-order valence-electron chi connectivity index (χ4n) is 4.24. The average molecular weight is 434 g/mol. The van der Waals surface area contributed by atoms with Crippen molar-refractivity contribution in [1.82, 2.24) is 4.90 Å². The zero-order valence-electron chi connectivity index (χ0n) is 18.7. The number of Topliss-reactive ketones (excluding diaryl/α,β-unsaturated/α-hetero) is 1. The molecule has 5 nitrogen and oxygen atoms in total. The van der Waals surface area contributed by atoms with Gasteiger partial charge in [-0.1, -0.05) is 30.7 Å². The van der Waals surface area contributed by atoms with Crippen LogP contribution < -0.4 is 9.47 Å². The van der Waals surface area contributed by atoms with E-state index >= 15 is 0 Å². The number of ether oxygens (including phenoxy) is 2. The molecule has 3 aromatic rings. The number of fused-ring (bicyclic) bond motifs is 1. The number of phenolic OH excluding ortho intramolecular Hbond substituents is 1. The van der Waals surface area contributed by atoms with E-state index in [1.807, 2.05) is 30.3 Å². The van der Waals surface area contributed by atoms with Crippen LogP contribution in [0.15, 0.2) is 54.6 Å². The lowest BCUT2D eigenvalue weighted by molar-refractivity contribution is -0.118. The molecule has 1 aliphatic rings. The summed E-state index contributed by atoms with van der Waals surface area (Å²) in [6.45, 7) is 5.60. The zero-order valence-corrected chi connectivity index (χ0v) is 18.7. The largest absolute Gasteiger partial charge is 0.508 e. The molecule has 4 rings (SSSR count). The predicted molar refractivity (Wildman–Crippen MR) is 127 cm³/mol. The van der Waals surface area contributed by atoms with Crippen molar-refractivity contribution in [2.75, 3.05) is 32.8 Å². The molecule has 1 fully saturated rings. The van der Waals surface area contributed by atoms with Gasteiger partial charge in [-0.25, -0.2) is 0 Å². The number of phenols is 1. The van der Waals surface area contributed by atoms with Crippen molar-refractivity contribution >= 4 is 16.6 Å². The van der Waals surface area contributed by atoms with Crippen molar-refractivity contribution in [1.29, 1.82) is 0 Å². The Morgan fingerprint density at radius 3 is 2.50 bits per heavy atom. The first-order chi connectivity index (χ1) is 15.6. The second-order valence-corrected chi connectivity index (χ2v) is 8.51. The Hall–Kier alpha value is -3.05. The quantitative estimate of drug-likeness (QED) is 0.516. The van der Waals surface area contributed by atoms with Crippen LogP contribution in [-0.2, 0) is 11.2 Å². The summed E-state index contributed by atoms with van der Waals surface area (Å²) in [7, 11) is 0. The minimum absolute atomic E-state index is 0.0205. The van der Waals surface area contributed by atoms with Gasteiger partial charge in [0, 0.05) is 18.5 Å². The first-order valence-corrected chi connectivity index (χ1v) is 11.4. The van der Waals surface area contributed by atoms with Crippen molar-refractivity contribution in [3.8, 4) is 17.2 Å². The molecule has 0 saturated carbocycles. The third-order valence-electron chi connectivity index (χ3n) is 5.93. The van der Waals surface area contributed by atoms with Crippen LogP contribution in [0.1, 0.15) is 37.3 Å². The maximum atomic E-state index is 11.4. The fraction of sp³-hybridized carbons (Fsp3) is 0.370. The lowest BCUT2D eigenvalue weighted by Gasteiger charge is -2.26. The summed E-state index contributed by atoms with van der Waals surface area (Å²) in [6.07, 6.45) is 4.59. The molecule has 1 N–H and O–H groups in total. The first kappa shape index (κ1) is 22.2. The van der Waals surface area contributed by atoms with Crippen molar-refractivity contribution < 1.29 is 19.4 Å². The Kier molecular flexibility index (Phi) is 7.28. The summed E-state index contributed by atoms with van der Waals surface area (Å²) in [5.41, 5.74) is 2.13. The van der Waals surface area contributed by atoms with Gasteiger partial charge >= 0.3 is 0 Å². The maximum Gasteiger partial charge on any atom is 0.167 e. The van der Waals surface area contributed by atoms with Crippen LogP contribution in [0.4, 0.5) is 0 Å². The minimum Gasteiger partial charge on any atom is -0.508 e. The smallest absolute Gasteiger partial charge is 0.167 e. The molecule has 1 saturated heterocycles. The van der Waals surface area contributed by atoms with Crippen molar-refractivity contribution in [3.63, 3.8) is 0 Å². The van der Waals surface area contributed by atoms with E-state index in [-0.39, 0.29) is 18.1 Å². The molecular formula is C27H31NO4. The lowest BCUT2D eigenvalue weighted by atomic mass is 9.97. The summed E-state index contributed by atoms with van der Waals surface area (Å²) in [6, 6.07) is 17.3. The molecule has 0 unspecified atom stereocenters. The van der Waals surface area contributed by atoms with Gasteiger partial charge < -0.3 is 14.6 Å². The van der Waals surface area contributed by atoms with E-state index in [2.05, 4.69) is 17.0 Å². The van der Waals surface area contributed by atoms with Crippen LogP contribution in [-0.4, -0.2) is 48.6 Å². The van der Waals surface area contributed by atoms with Gasteiger partial charge in [-0.2, -0.15) is 0 Å².